The van der Waals surface area contributed by atoms with Gasteiger partial charge < -0.3 is 5.32 Å². The Hall–Kier alpha value is -0.860. The van der Waals surface area contributed by atoms with Crippen molar-refractivity contribution in [1.82, 2.24) is 10.2 Å². The summed E-state index contributed by atoms with van der Waals surface area (Å²) in [6, 6.07) is 9.01. The van der Waals surface area contributed by atoms with Crippen molar-refractivity contribution in [1.29, 1.82) is 0 Å². The average Bonchev–Trinajstić information content (AvgIpc) is 2.47. The lowest BCUT2D eigenvalue weighted by molar-refractivity contribution is 0.293. The van der Waals surface area contributed by atoms with Crippen molar-refractivity contribution in [3.05, 3.63) is 35.4 Å². The molecule has 1 aliphatic heterocycles. The van der Waals surface area contributed by atoms with Gasteiger partial charge in [-0.05, 0) is 62.5 Å². The van der Waals surface area contributed by atoms with Crippen LogP contribution in [0.5, 0.6) is 0 Å². The smallest absolute Gasteiger partial charge is 0.0236 e. The lowest BCUT2D eigenvalue weighted by atomic mass is 9.90. The Kier molecular flexibility index (Phi) is 5.87. The van der Waals surface area contributed by atoms with E-state index in [4.69, 9.17) is 0 Å². The summed E-state index contributed by atoms with van der Waals surface area (Å²) in [6.07, 6.45) is 3.96. The van der Waals surface area contributed by atoms with Gasteiger partial charge >= 0.3 is 0 Å². The molecule has 1 N–H and O–H groups in total. The molecule has 1 heterocycles. The maximum Gasteiger partial charge on any atom is 0.0236 e. The van der Waals surface area contributed by atoms with Gasteiger partial charge in [-0.3, -0.25) is 4.90 Å². The second-order valence-electron chi connectivity index (χ2n) is 5.65. The molecule has 1 atom stereocenters. The van der Waals surface area contributed by atoms with E-state index in [1.165, 1.54) is 37.9 Å². The van der Waals surface area contributed by atoms with E-state index >= 15 is 0 Å². The van der Waals surface area contributed by atoms with Crippen molar-refractivity contribution in [2.45, 2.75) is 39.7 Å². The van der Waals surface area contributed by atoms with E-state index < -0.39 is 0 Å². The van der Waals surface area contributed by atoms with E-state index in [2.05, 4.69) is 48.3 Å². The van der Waals surface area contributed by atoms with Crippen LogP contribution in [0.1, 0.15) is 37.8 Å². The standard InChI is InChI=1S/C17H28N2/c1-3-19(4-2)14-17-10-6-5-9-16(17)12-15-8-7-11-18-13-15/h5-6,9-10,15,18H,3-4,7-8,11-14H2,1-2H3. The van der Waals surface area contributed by atoms with Crippen molar-refractivity contribution in [3.8, 4) is 0 Å². The first kappa shape index (κ1) is 14.5. The third-order valence-corrected chi connectivity index (χ3v) is 4.31. The van der Waals surface area contributed by atoms with Gasteiger partial charge in [0.05, 0.1) is 0 Å². The molecule has 0 radical (unpaired) electrons. The van der Waals surface area contributed by atoms with E-state index in [1.807, 2.05) is 0 Å². The molecule has 19 heavy (non-hydrogen) atoms. The summed E-state index contributed by atoms with van der Waals surface area (Å²) in [5, 5.41) is 3.53. The lowest BCUT2D eigenvalue weighted by Gasteiger charge is -2.25. The van der Waals surface area contributed by atoms with Crippen LogP contribution in [0, 0.1) is 5.92 Å². The average molecular weight is 260 g/mol. The molecule has 2 rings (SSSR count). The Balaban J connectivity index is 2.02. The van der Waals surface area contributed by atoms with Gasteiger partial charge in [0, 0.05) is 6.54 Å². The monoisotopic (exact) mass is 260 g/mol. The van der Waals surface area contributed by atoms with Gasteiger partial charge in [0.1, 0.15) is 0 Å². The van der Waals surface area contributed by atoms with Crippen LogP contribution in [-0.2, 0) is 13.0 Å². The van der Waals surface area contributed by atoms with Crippen LogP contribution in [0.2, 0.25) is 0 Å². The van der Waals surface area contributed by atoms with Crippen LogP contribution in [0.25, 0.3) is 0 Å². The van der Waals surface area contributed by atoms with Crippen LogP contribution in [0.15, 0.2) is 24.3 Å². The van der Waals surface area contributed by atoms with Crippen molar-refractivity contribution in [2.75, 3.05) is 26.2 Å². The van der Waals surface area contributed by atoms with Crippen molar-refractivity contribution >= 4 is 0 Å². The summed E-state index contributed by atoms with van der Waals surface area (Å²) >= 11 is 0. The maximum atomic E-state index is 3.53. The molecule has 2 nitrogen and oxygen atoms in total. The SMILES string of the molecule is CCN(CC)Cc1ccccc1CC1CCCNC1. The highest BCUT2D eigenvalue weighted by atomic mass is 15.1. The molecule has 0 spiro atoms. The first-order valence-electron chi connectivity index (χ1n) is 7.83. The highest BCUT2D eigenvalue weighted by molar-refractivity contribution is 5.27. The molecule has 1 unspecified atom stereocenters. The molecule has 0 bridgehead atoms. The number of nitrogens with one attached hydrogen (secondary N) is 1. The van der Waals surface area contributed by atoms with Crippen LogP contribution >= 0.6 is 0 Å². The lowest BCUT2D eigenvalue weighted by Crippen LogP contribution is -2.31. The predicted molar refractivity (Wildman–Crippen MR) is 82.4 cm³/mol. The number of piperidine rings is 1. The third kappa shape index (κ3) is 4.32. The summed E-state index contributed by atoms with van der Waals surface area (Å²) in [5.74, 6) is 0.826. The molecule has 0 amide bonds. The zero-order valence-corrected chi connectivity index (χ0v) is 12.5. The van der Waals surface area contributed by atoms with Gasteiger partial charge in [0.2, 0.25) is 0 Å². The molecular formula is C17H28N2. The molecule has 0 aromatic heterocycles. The largest absolute Gasteiger partial charge is 0.316 e. The topological polar surface area (TPSA) is 15.3 Å². The molecule has 1 aromatic carbocycles. The fraction of sp³-hybridized carbons (Fsp3) is 0.647. The second-order valence-corrected chi connectivity index (χ2v) is 5.65. The summed E-state index contributed by atoms with van der Waals surface area (Å²) in [4.78, 5) is 2.50. The van der Waals surface area contributed by atoms with Gasteiger partial charge in [-0.1, -0.05) is 38.1 Å². The Morgan fingerprint density at radius 3 is 2.53 bits per heavy atom. The summed E-state index contributed by atoms with van der Waals surface area (Å²) < 4.78 is 0. The summed E-state index contributed by atoms with van der Waals surface area (Å²) in [6.45, 7) is 10.3. The van der Waals surface area contributed by atoms with Crippen LogP contribution in [-0.4, -0.2) is 31.1 Å². The Bertz CT molecular complexity index is 365. The van der Waals surface area contributed by atoms with Crippen LogP contribution in [0.3, 0.4) is 0 Å². The molecule has 1 saturated heterocycles. The maximum absolute atomic E-state index is 3.53. The van der Waals surface area contributed by atoms with Gasteiger partial charge in [-0.25, -0.2) is 0 Å². The van der Waals surface area contributed by atoms with Gasteiger partial charge in [-0.15, -0.1) is 0 Å². The van der Waals surface area contributed by atoms with E-state index in [1.54, 1.807) is 5.56 Å². The summed E-state index contributed by atoms with van der Waals surface area (Å²) in [7, 11) is 0. The molecule has 0 aliphatic carbocycles. The zero-order chi connectivity index (χ0) is 13.5. The normalized spacial score (nSPS) is 19.8. The number of benzene rings is 1. The van der Waals surface area contributed by atoms with Crippen LogP contribution in [0.4, 0.5) is 0 Å². The van der Waals surface area contributed by atoms with Crippen molar-refractivity contribution in [3.63, 3.8) is 0 Å². The fourth-order valence-electron chi connectivity index (χ4n) is 3.01. The van der Waals surface area contributed by atoms with Crippen LogP contribution < -0.4 is 5.32 Å². The van der Waals surface area contributed by atoms with E-state index in [0.29, 0.717) is 0 Å². The third-order valence-electron chi connectivity index (χ3n) is 4.31. The van der Waals surface area contributed by atoms with E-state index in [-0.39, 0.29) is 0 Å². The zero-order valence-electron chi connectivity index (χ0n) is 12.5. The molecule has 0 saturated carbocycles. The first-order valence-corrected chi connectivity index (χ1v) is 7.83. The summed E-state index contributed by atoms with van der Waals surface area (Å²) in [5.41, 5.74) is 3.08. The van der Waals surface area contributed by atoms with Gasteiger partial charge in [0.15, 0.2) is 0 Å². The fourth-order valence-corrected chi connectivity index (χ4v) is 3.01. The minimum Gasteiger partial charge on any atom is -0.316 e. The van der Waals surface area contributed by atoms with Crippen molar-refractivity contribution < 1.29 is 0 Å². The van der Waals surface area contributed by atoms with Gasteiger partial charge in [0.25, 0.3) is 0 Å². The number of hydrogen-bond donors (Lipinski definition) is 1. The quantitative estimate of drug-likeness (QED) is 0.845. The molecule has 106 valence electrons. The Morgan fingerprint density at radius 1 is 1.16 bits per heavy atom. The number of rotatable bonds is 6. The molecule has 1 aliphatic rings. The second kappa shape index (κ2) is 7.66. The highest BCUT2D eigenvalue weighted by Crippen LogP contribution is 2.20. The van der Waals surface area contributed by atoms with E-state index in [9.17, 15) is 0 Å². The van der Waals surface area contributed by atoms with Crippen molar-refractivity contribution in [2.24, 2.45) is 5.92 Å². The molecule has 1 fully saturated rings. The Morgan fingerprint density at radius 2 is 1.89 bits per heavy atom. The first-order chi connectivity index (χ1) is 9.33. The van der Waals surface area contributed by atoms with E-state index in [0.717, 1.165) is 25.6 Å². The Labute approximate surface area is 118 Å². The number of hydrogen-bond acceptors (Lipinski definition) is 2. The predicted octanol–water partition coefficient (Wildman–Crippen LogP) is 3.07. The van der Waals surface area contributed by atoms with Gasteiger partial charge in [-0.2, -0.15) is 0 Å². The highest BCUT2D eigenvalue weighted by Gasteiger charge is 2.15. The minimum absolute atomic E-state index is 0.826. The number of nitrogens with zero attached hydrogens (tertiary/aromatic N) is 1. The molecular weight excluding hydrogens is 232 g/mol. The molecule has 1 aromatic rings. The minimum atomic E-state index is 0.826. The molecule has 2 heteroatoms.